The molecule has 2 amide bonds. The Hall–Kier alpha value is -4.68. The molecule has 0 aliphatic rings. The van der Waals surface area contributed by atoms with Crippen molar-refractivity contribution in [3.05, 3.63) is 84.3 Å². The maximum atomic E-state index is 13.0. The zero-order valence-corrected chi connectivity index (χ0v) is 18.5. The molecule has 4 aromatic rings. The predicted octanol–water partition coefficient (Wildman–Crippen LogP) is 5.44. The Labute approximate surface area is 200 Å². The van der Waals surface area contributed by atoms with Gasteiger partial charge in [0, 0.05) is 42.1 Å². The quantitative estimate of drug-likeness (QED) is 0.294. The van der Waals surface area contributed by atoms with Crippen molar-refractivity contribution in [1.82, 2.24) is 4.98 Å². The van der Waals surface area contributed by atoms with E-state index < -0.39 is 6.03 Å². The van der Waals surface area contributed by atoms with Gasteiger partial charge in [0.05, 0.1) is 17.7 Å². The van der Waals surface area contributed by atoms with Gasteiger partial charge in [0.2, 0.25) is 0 Å². The van der Waals surface area contributed by atoms with Gasteiger partial charge in [-0.2, -0.15) is 5.26 Å². The Balaban J connectivity index is 1.46. The highest BCUT2D eigenvalue weighted by atomic mass is 19.1. The third kappa shape index (κ3) is 6.01. The molecule has 0 saturated carbocycles. The van der Waals surface area contributed by atoms with Gasteiger partial charge in [-0.15, -0.1) is 0 Å². The number of nitrogens with one attached hydrogen (secondary N) is 2. The number of rotatable bonds is 8. The highest BCUT2D eigenvalue weighted by Gasteiger charge is 2.12. The Morgan fingerprint density at radius 1 is 1.00 bits per heavy atom. The molecule has 8 nitrogen and oxygen atoms in total. The van der Waals surface area contributed by atoms with Gasteiger partial charge in [-0.25, -0.2) is 9.18 Å². The minimum absolute atomic E-state index is 0.00105. The van der Waals surface area contributed by atoms with Crippen LogP contribution >= 0.6 is 0 Å². The monoisotopic (exact) mass is 472 g/mol. The lowest BCUT2D eigenvalue weighted by Gasteiger charge is -2.12. The number of aliphatic hydroxyl groups is 1. The van der Waals surface area contributed by atoms with Gasteiger partial charge in [-0.3, -0.25) is 4.98 Å². The van der Waals surface area contributed by atoms with E-state index in [1.165, 1.54) is 24.3 Å². The second-order valence-electron chi connectivity index (χ2n) is 7.42. The fourth-order valence-electron chi connectivity index (χ4n) is 3.25. The van der Waals surface area contributed by atoms with Crippen molar-refractivity contribution >= 4 is 28.3 Å². The highest BCUT2D eigenvalue weighted by molar-refractivity contribution is 5.99. The Kier molecular flexibility index (Phi) is 7.35. The molecular formula is C26H21FN4O4. The summed E-state index contributed by atoms with van der Waals surface area (Å²) in [5.74, 6) is 1.03. The van der Waals surface area contributed by atoms with Crippen LogP contribution in [-0.4, -0.2) is 29.3 Å². The molecule has 0 bridgehead atoms. The summed E-state index contributed by atoms with van der Waals surface area (Å²) >= 11 is 0. The number of anilines is 2. The van der Waals surface area contributed by atoms with E-state index >= 15 is 0 Å². The molecule has 0 radical (unpaired) electrons. The van der Waals surface area contributed by atoms with Crippen LogP contribution in [0.25, 0.3) is 10.9 Å². The minimum atomic E-state index is -0.466. The third-order valence-corrected chi connectivity index (χ3v) is 4.93. The summed E-state index contributed by atoms with van der Waals surface area (Å²) < 4.78 is 24.6. The average molecular weight is 472 g/mol. The number of aromatic nitrogens is 1. The first kappa shape index (κ1) is 23.5. The first-order valence-electron chi connectivity index (χ1n) is 10.7. The second kappa shape index (κ2) is 11.0. The number of urea groups is 1. The zero-order valence-electron chi connectivity index (χ0n) is 18.5. The number of ether oxygens (including phenoxy) is 2. The SMILES string of the molecule is N#Cc1cc2c(Oc3ccc(NC(=O)Nc4ccc(F)cc4)cc3)ccnc2cc1OCCCO. The van der Waals surface area contributed by atoms with Gasteiger partial charge in [0.15, 0.2) is 0 Å². The lowest BCUT2D eigenvalue weighted by atomic mass is 10.1. The number of halogens is 1. The van der Waals surface area contributed by atoms with Crippen molar-refractivity contribution in [2.75, 3.05) is 23.8 Å². The molecule has 0 fully saturated rings. The number of fused-ring (bicyclic) bond motifs is 1. The van der Waals surface area contributed by atoms with Crippen LogP contribution in [0.5, 0.6) is 17.2 Å². The van der Waals surface area contributed by atoms with Crippen LogP contribution < -0.4 is 20.1 Å². The third-order valence-electron chi connectivity index (χ3n) is 4.93. The number of nitriles is 1. The van der Waals surface area contributed by atoms with Crippen LogP contribution in [0.4, 0.5) is 20.6 Å². The predicted molar refractivity (Wildman–Crippen MR) is 129 cm³/mol. The molecule has 9 heteroatoms. The maximum absolute atomic E-state index is 13.0. The number of hydrogen-bond acceptors (Lipinski definition) is 6. The molecule has 4 rings (SSSR count). The summed E-state index contributed by atoms with van der Waals surface area (Å²) in [6.45, 7) is 0.286. The first-order valence-corrected chi connectivity index (χ1v) is 10.7. The largest absolute Gasteiger partial charge is 0.492 e. The van der Waals surface area contributed by atoms with E-state index in [2.05, 4.69) is 21.7 Å². The smallest absolute Gasteiger partial charge is 0.323 e. The molecule has 0 aliphatic carbocycles. The number of amides is 2. The number of pyridine rings is 1. The fourth-order valence-corrected chi connectivity index (χ4v) is 3.25. The van der Waals surface area contributed by atoms with Gasteiger partial charge >= 0.3 is 6.03 Å². The number of aliphatic hydroxyl groups excluding tert-OH is 1. The summed E-state index contributed by atoms with van der Waals surface area (Å²) in [6, 6.07) is 18.9. The van der Waals surface area contributed by atoms with Crippen molar-refractivity contribution in [2.45, 2.75) is 6.42 Å². The molecule has 0 saturated heterocycles. The normalized spacial score (nSPS) is 10.4. The highest BCUT2D eigenvalue weighted by Crippen LogP contribution is 2.33. The van der Waals surface area contributed by atoms with Crippen LogP contribution in [0.15, 0.2) is 72.9 Å². The fraction of sp³-hybridized carbons (Fsp3) is 0.115. The maximum Gasteiger partial charge on any atom is 0.323 e. The number of nitrogens with zero attached hydrogens (tertiary/aromatic N) is 2. The summed E-state index contributed by atoms with van der Waals surface area (Å²) in [7, 11) is 0. The van der Waals surface area contributed by atoms with E-state index in [1.54, 1.807) is 48.7 Å². The van der Waals surface area contributed by atoms with Crippen LogP contribution in [0.1, 0.15) is 12.0 Å². The van der Waals surface area contributed by atoms with Crippen molar-refractivity contribution in [1.29, 1.82) is 5.26 Å². The number of carbonyl (C=O) groups excluding carboxylic acids is 1. The topological polar surface area (TPSA) is 116 Å². The molecule has 35 heavy (non-hydrogen) atoms. The van der Waals surface area contributed by atoms with E-state index in [9.17, 15) is 14.4 Å². The van der Waals surface area contributed by atoms with Crippen molar-refractivity contribution in [2.24, 2.45) is 0 Å². The second-order valence-corrected chi connectivity index (χ2v) is 7.42. The molecule has 1 heterocycles. The number of benzene rings is 3. The molecule has 176 valence electrons. The molecular weight excluding hydrogens is 451 g/mol. The molecule has 0 spiro atoms. The molecule has 0 unspecified atom stereocenters. The lowest BCUT2D eigenvalue weighted by Crippen LogP contribution is -2.19. The molecule has 0 aliphatic heterocycles. The summed E-state index contributed by atoms with van der Waals surface area (Å²) in [4.78, 5) is 16.5. The van der Waals surface area contributed by atoms with E-state index in [0.717, 1.165) is 0 Å². The van der Waals surface area contributed by atoms with Gasteiger partial charge in [-0.1, -0.05) is 0 Å². The van der Waals surface area contributed by atoms with Crippen LogP contribution in [-0.2, 0) is 0 Å². The van der Waals surface area contributed by atoms with Gasteiger partial charge < -0.3 is 25.2 Å². The Morgan fingerprint density at radius 3 is 2.34 bits per heavy atom. The van der Waals surface area contributed by atoms with Crippen LogP contribution in [0, 0.1) is 17.1 Å². The Bertz CT molecular complexity index is 1370. The Morgan fingerprint density at radius 2 is 1.69 bits per heavy atom. The van der Waals surface area contributed by atoms with E-state index in [-0.39, 0.29) is 19.0 Å². The van der Waals surface area contributed by atoms with E-state index in [4.69, 9.17) is 14.6 Å². The van der Waals surface area contributed by atoms with Gasteiger partial charge in [-0.05, 0) is 60.7 Å². The molecule has 3 aromatic carbocycles. The summed E-state index contributed by atoms with van der Waals surface area (Å²) in [5, 5.41) is 24.4. The van der Waals surface area contributed by atoms with Crippen LogP contribution in [0.3, 0.4) is 0 Å². The average Bonchev–Trinajstić information content (AvgIpc) is 2.86. The van der Waals surface area contributed by atoms with E-state index in [0.29, 0.717) is 51.5 Å². The van der Waals surface area contributed by atoms with Gasteiger partial charge in [0.1, 0.15) is 29.1 Å². The summed E-state index contributed by atoms with van der Waals surface area (Å²) in [6.07, 6.45) is 2.05. The van der Waals surface area contributed by atoms with Crippen LogP contribution in [0.2, 0.25) is 0 Å². The zero-order chi connectivity index (χ0) is 24.6. The first-order chi connectivity index (χ1) is 17.1. The van der Waals surface area contributed by atoms with Gasteiger partial charge in [0.25, 0.3) is 0 Å². The molecule has 3 N–H and O–H groups in total. The van der Waals surface area contributed by atoms with Crippen molar-refractivity contribution in [3.8, 4) is 23.3 Å². The molecule has 0 atom stereocenters. The van der Waals surface area contributed by atoms with E-state index in [1.807, 2.05) is 0 Å². The standard InChI is InChI=1S/C26H21FN4O4/c27-18-2-4-19(5-3-18)30-26(33)31-20-6-8-21(9-7-20)35-24-10-11-29-23-15-25(34-13-1-12-32)17(16-28)14-22(23)24/h2-11,14-15,32H,1,12-13H2,(H2,30,31,33). The summed E-state index contributed by atoms with van der Waals surface area (Å²) in [5.41, 5.74) is 1.93. The number of hydrogen-bond donors (Lipinski definition) is 3. The van der Waals surface area contributed by atoms with Crippen molar-refractivity contribution in [3.63, 3.8) is 0 Å². The lowest BCUT2D eigenvalue weighted by molar-refractivity contribution is 0.233. The number of carbonyl (C=O) groups is 1. The minimum Gasteiger partial charge on any atom is -0.492 e. The molecule has 1 aromatic heterocycles. The van der Waals surface area contributed by atoms with Crippen molar-refractivity contribution < 1.29 is 23.8 Å².